The van der Waals surface area contributed by atoms with Gasteiger partial charge in [0.25, 0.3) is 5.56 Å². The van der Waals surface area contributed by atoms with Gasteiger partial charge < -0.3 is 14.6 Å². The van der Waals surface area contributed by atoms with Gasteiger partial charge in [-0.1, -0.05) is 30.3 Å². The first-order chi connectivity index (χ1) is 14.1. The summed E-state index contributed by atoms with van der Waals surface area (Å²) in [5, 5.41) is 1.04. The average Bonchev–Trinajstić information content (AvgIpc) is 2.75. The Morgan fingerprint density at radius 3 is 2.48 bits per heavy atom. The minimum atomic E-state index is -0.0401. The van der Waals surface area contributed by atoms with E-state index in [4.69, 9.17) is 4.74 Å². The Balaban J connectivity index is 1.33. The molecule has 1 fully saturated rings. The molecule has 0 bridgehead atoms. The van der Waals surface area contributed by atoms with Gasteiger partial charge in [0.1, 0.15) is 5.75 Å². The van der Waals surface area contributed by atoms with E-state index < -0.39 is 0 Å². The largest absolute Gasteiger partial charge is 0.497 e. The molecule has 1 aromatic heterocycles. The maximum atomic E-state index is 12.6. The highest BCUT2D eigenvalue weighted by Gasteiger charge is 2.22. The smallest absolute Gasteiger partial charge is 0.252 e. The molecule has 1 aliphatic heterocycles. The van der Waals surface area contributed by atoms with Gasteiger partial charge in [0.05, 0.1) is 13.5 Å². The molecule has 1 saturated heterocycles. The first-order valence-electron chi connectivity index (χ1n) is 9.86. The molecule has 1 aliphatic rings. The highest BCUT2D eigenvalue weighted by Crippen LogP contribution is 2.15. The van der Waals surface area contributed by atoms with E-state index in [1.54, 1.807) is 7.11 Å². The summed E-state index contributed by atoms with van der Waals surface area (Å²) in [5.74, 6) is 0.928. The lowest BCUT2D eigenvalue weighted by Gasteiger charge is -2.34. The second kappa shape index (κ2) is 8.49. The second-order valence-corrected chi connectivity index (χ2v) is 7.39. The van der Waals surface area contributed by atoms with Gasteiger partial charge in [-0.05, 0) is 35.2 Å². The topological polar surface area (TPSA) is 65.6 Å². The van der Waals surface area contributed by atoms with Crippen molar-refractivity contribution in [3.8, 4) is 5.75 Å². The van der Waals surface area contributed by atoms with Crippen LogP contribution in [0.2, 0.25) is 0 Å². The summed E-state index contributed by atoms with van der Waals surface area (Å²) in [6, 6.07) is 17.4. The maximum absolute atomic E-state index is 12.6. The van der Waals surface area contributed by atoms with E-state index in [0.29, 0.717) is 26.1 Å². The maximum Gasteiger partial charge on any atom is 0.252 e. The van der Waals surface area contributed by atoms with Gasteiger partial charge in [-0.15, -0.1) is 0 Å². The molecule has 150 valence electrons. The number of piperazine rings is 1. The van der Waals surface area contributed by atoms with Crippen molar-refractivity contribution in [3.63, 3.8) is 0 Å². The third-order valence-corrected chi connectivity index (χ3v) is 5.46. The van der Waals surface area contributed by atoms with Crippen molar-refractivity contribution in [2.75, 3.05) is 33.3 Å². The summed E-state index contributed by atoms with van der Waals surface area (Å²) in [6.07, 6.45) is 0.397. The van der Waals surface area contributed by atoms with E-state index in [-0.39, 0.29) is 11.5 Å². The van der Waals surface area contributed by atoms with Crippen molar-refractivity contribution in [1.29, 1.82) is 0 Å². The van der Waals surface area contributed by atoms with Crippen molar-refractivity contribution in [1.82, 2.24) is 14.8 Å². The summed E-state index contributed by atoms with van der Waals surface area (Å²) in [4.78, 5) is 32.1. The van der Waals surface area contributed by atoms with Crippen LogP contribution in [0.25, 0.3) is 10.9 Å². The highest BCUT2D eigenvalue weighted by atomic mass is 16.5. The first kappa shape index (κ1) is 19.2. The standard InChI is InChI=1S/C23H25N3O3/c1-29-20-8-6-17(7-9-20)14-22(27)26-12-10-25(11-13-26)16-19-15-18-4-2-3-5-21(18)24-23(19)28/h2-9,15H,10-14,16H2,1H3,(H,24,28). The molecular formula is C23H25N3O3. The van der Waals surface area contributed by atoms with Crippen molar-refractivity contribution in [2.24, 2.45) is 0 Å². The fourth-order valence-electron chi connectivity index (χ4n) is 3.74. The molecule has 3 aromatic rings. The van der Waals surface area contributed by atoms with Crippen LogP contribution in [0, 0.1) is 0 Å². The van der Waals surface area contributed by atoms with Gasteiger partial charge >= 0.3 is 0 Å². The number of nitrogens with zero attached hydrogens (tertiary/aromatic N) is 2. The molecule has 1 amide bonds. The molecule has 0 aliphatic carbocycles. The van der Waals surface area contributed by atoms with E-state index in [1.807, 2.05) is 59.5 Å². The zero-order chi connectivity index (χ0) is 20.2. The van der Waals surface area contributed by atoms with Gasteiger partial charge in [0.15, 0.2) is 0 Å². The van der Waals surface area contributed by atoms with Crippen molar-refractivity contribution < 1.29 is 9.53 Å². The summed E-state index contributed by atoms with van der Waals surface area (Å²) in [6.45, 7) is 3.49. The lowest BCUT2D eigenvalue weighted by atomic mass is 10.1. The lowest BCUT2D eigenvalue weighted by Crippen LogP contribution is -2.49. The van der Waals surface area contributed by atoms with Crippen molar-refractivity contribution >= 4 is 16.8 Å². The molecule has 0 radical (unpaired) electrons. The van der Waals surface area contributed by atoms with E-state index in [0.717, 1.165) is 40.9 Å². The zero-order valence-electron chi connectivity index (χ0n) is 16.6. The van der Waals surface area contributed by atoms with Crippen molar-refractivity contribution in [2.45, 2.75) is 13.0 Å². The SMILES string of the molecule is COc1ccc(CC(=O)N2CCN(Cc3cc4ccccc4[nH]c3=O)CC2)cc1. The van der Waals surface area contributed by atoms with Gasteiger partial charge in [0, 0.05) is 43.8 Å². The Labute approximate surface area is 169 Å². The molecule has 0 spiro atoms. The molecule has 0 saturated carbocycles. The number of hydrogen-bond acceptors (Lipinski definition) is 4. The van der Waals surface area contributed by atoms with Crippen molar-refractivity contribution in [3.05, 3.63) is 76.1 Å². The van der Waals surface area contributed by atoms with Crippen LogP contribution in [-0.4, -0.2) is 54.0 Å². The normalized spacial score (nSPS) is 14.9. The predicted octanol–water partition coefficient (Wildman–Crippen LogP) is 2.42. The Kier molecular flexibility index (Phi) is 5.62. The third kappa shape index (κ3) is 4.49. The average molecular weight is 391 g/mol. The summed E-state index contributed by atoms with van der Waals surface area (Å²) in [7, 11) is 1.63. The minimum absolute atomic E-state index is 0.0401. The quantitative estimate of drug-likeness (QED) is 0.726. The number of methoxy groups -OCH3 is 1. The van der Waals surface area contributed by atoms with Crippen LogP contribution in [0.3, 0.4) is 0 Å². The molecule has 2 heterocycles. The zero-order valence-corrected chi connectivity index (χ0v) is 16.6. The number of benzene rings is 2. The Morgan fingerprint density at radius 2 is 1.76 bits per heavy atom. The van der Waals surface area contributed by atoms with Crippen LogP contribution >= 0.6 is 0 Å². The summed E-state index contributed by atoms with van der Waals surface area (Å²) < 4.78 is 5.16. The number of amides is 1. The van der Waals surface area contributed by atoms with Crippen LogP contribution in [0.4, 0.5) is 0 Å². The van der Waals surface area contributed by atoms with Gasteiger partial charge in [-0.2, -0.15) is 0 Å². The summed E-state index contributed by atoms with van der Waals surface area (Å²) in [5.41, 5.74) is 2.57. The number of aromatic nitrogens is 1. The number of carbonyl (C=O) groups excluding carboxylic acids is 1. The number of rotatable bonds is 5. The Hall–Kier alpha value is -3.12. The number of fused-ring (bicyclic) bond motifs is 1. The molecule has 6 nitrogen and oxygen atoms in total. The number of pyridine rings is 1. The third-order valence-electron chi connectivity index (χ3n) is 5.46. The molecule has 4 rings (SSSR count). The van der Waals surface area contributed by atoms with Crippen LogP contribution in [0.15, 0.2) is 59.4 Å². The number of para-hydroxylation sites is 1. The monoisotopic (exact) mass is 391 g/mol. The van der Waals surface area contributed by atoms with Gasteiger partial charge in [-0.3, -0.25) is 14.5 Å². The number of ether oxygens (including phenoxy) is 1. The molecule has 6 heteroatoms. The van der Waals surface area contributed by atoms with Gasteiger partial charge in [0.2, 0.25) is 5.91 Å². The molecule has 29 heavy (non-hydrogen) atoms. The van der Waals surface area contributed by atoms with Gasteiger partial charge in [-0.25, -0.2) is 0 Å². The van der Waals surface area contributed by atoms with Crippen LogP contribution < -0.4 is 10.3 Å². The van der Waals surface area contributed by atoms with E-state index in [2.05, 4.69) is 9.88 Å². The van der Waals surface area contributed by atoms with Crippen LogP contribution in [0.5, 0.6) is 5.75 Å². The molecule has 2 aromatic carbocycles. The second-order valence-electron chi connectivity index (χ2n) is 7.39. The molecule has 0 atom stereocenters. The number of H-pyrrole nitrogens is 1. The number of carbonyl (C=O) groups is 1. The summed E-state index contributed by atoms with van der Waals surface area (Å²) >= 11 is 0. The van der Waals surface area contributed by atoms with Crippen LogP contribution in [-0.2, 0) is 17.8 Å². The fourth-order valence-corrected chi connectivity index (χ4v) is 3.74. The van der Waals surface area contributed by atoms with Crippen LogP contribution in [0.1, 0.15) is 11.1 Å². The Morgan fingerprint density at radius 1 is 1.03 bits per heavy atom. The first-order valence-corrected chi connectivity index (χ1v) is 9.86. The lowest BCUT2D eigenvalue weighted by molar-refractivity contribution is -0.132. The molecule has 0 unspecified atom stereocenters. The molecule has 1 N–H and O–H groups in total. The highest BCUT2D eigenvalue weighted by molar-refractivity contribution is 5.79. The van der Waals surface area contributed by atoms with E-state index in [1.165, 1.54) is 0 Å². The Bertz CT molecular complexity index is 1050. The number of nitrogens with one attached hydrogen (secondary N) is 1. The number of hydrogen-bond donors (Lipinski definition) is 1. The number of aromatic amines is 1. The fraction of sp³-hybridized carbons (Fsp3) is 0.304. The molecular weight excluding hydrogens is 366 g/mol. The minimum Gasteiger partial charge on any atom is -0.497 e. The van der Waals surface area contributed by atoms with E-state index >= 15 is 0 Å². The van der Waals surface area contributed by atoms with E-state index in [9.17, 15) is 9.59 Å². The predicted molar refractivity (Wildman–Crippen MR) is 113 cm³/mol.